The Hall–Kier alpha value is -3.67. The first-order valence-corrected chi connectivity index (χ1v) is 14.3. The molecule has 0 aliphatic carbocycles. The molecule has 224 valence electrons. The Morgan fingerprint density at radius 3 is 1.26 bits per heavy atom. The molecule has 0 heterocycles. The molecular formula is C30H27BF8O2S. The first-order valence-electron chi connectivity index (χ1n) is 12.8. The lowest BCUT2D eigenvalue weighted by Gasteiger charge is -2.17. The Morgan fingerprint density at radius 2 is 0.929 bits per heavy atom. The summed E-state index contributed by atoms with van der Waals surface area (Å²) in [5, 5.41) is 0. The minimum absolute atomic E-state index is 0.426. The van der Waals surface area contributed by atoms with E-state index in [1.807, 2.05) is 78.9 Å². The maximum Gasteiger partial charge on any atom is 0.515 e. The Balaban J connectivity index is 0.000000274. The van der Waals surface area contributed by atoms with Gasteiger partial charge in [-0.2, -0.15) is 0 Å². The van der Waals surface area contributed by atoms with Gasteiger partial charge < -0.3 is 12.9 Å². The number of hydrogen-bond acceptors (Lipinski definition) is 2. The van der Waals surface area contributed by atoms with Crippen LogP contribution < -0.4 is 9.65 Å². The fourth-order valence-corrected chi connectivity index (χ4v) is 5.65. The van der Waals surface area contributed by atoms with Crippen LogP contribution in [0.5, 0.6) is 5.75 Å². The Labute approximate surface area is 240 Å². The normalized spacial score (nSPS) is 11.9. The minimum Gasteiger partial charge on any atom is -0.445 e. The van der Waals surface area contributed by atoms with Gasteiger partial charge in [0.15, 0.2) is 23.2 Å². The van der Waals surface area contributed by atoms with E-state index in [2.05, 4.69) is 27.7 Å². The second kappa shape index (κ2) is 13.1. The Morgan fingerprint density at radius 1 is 0.571 bits per heavy atom. The first kappa shape index (κ1) is 32.8. The summed E-state index contributed by atoms with van der Waals surface area (Å²) in [6, 6.07) is 25.2. The SMILES string of the molecule is CC(C)c1ccc([S+](=O)(Oc2ccccc2)c2ccc(C(C)C)cc2)cc1.Fc1c(F)c(F)c([B-](F)(F)F)c(F)c1F. The van der Waals surface area contributed by atoms with E-state index in [9.17, 15) is 39.1 Å². The molecule has 0 radical (unpaired) electrons. The van der Waals surface area contributed by atoms with Gasteiger partial charge in [-0.05, 0) is 69.0 Å². The van der Waals surface area contributed by atoms with Crippen molar-refractivity contribution in [2.45, 2.75) is 49.3 Å². The molecule has 0 bridgehead atoms. The van der Waals surface area contributed by atoms with Crippen LogP contribution in [0.3, 0.4) is 0 Å². The summed E-state index contributed by atoms with van der Waals surface area (Å²) in [5.41, 5.74) is -0.294. The molecule has 0 saturated carbocycles. The molecule has 0 atom stereocenters. The highest BCUT2D eigenvalue weighted by molar-refractivity contribution is 7.99. The molecule has 12 heteroatoms. The van der Waals surface area contributed by atoms with E-state index in [4.69, 9.17) is 4.18 Å². The van der Waals surface area contributed by atoms with Crippen molar-refractivity contribution in [2.24, 2.45) is 0 Å². The summed E-state index contributed by atoms with van der Waals surface area (Å²) in [4.78, 5) is 1.38. The maximum atomic E-state index is 14.1. The van der Waals surface area contributed by atoms with Crippen LogP contribution in [0.25, 0.3) is 0 Å². The highest BCUT2D eigenvalue weighted by Gasteiger charge is 2.39. The van der Waals surface area contributed by atoms with Gasteiger partial charge in [0.25, 0.3) is 0 Å². The van der Waals surface area contributed by atoms with Crippen molar-refractivity contribution in [2.75, 3.05) is 0 Å². The first-order chi connectivity index (χ1) is 19.6. The van der Waals surface area contributed by atoms with E-state index in [1.54, 1.807) is 0 Å². The van der Waals surface area contributed by atoms with Crippen molar-refractivity contribution in [1.82, 2.24) is 0 Å². The van der Waals surface area contributed by atoms with Gasteiger partial charge in [0.2, 0.25) is 9.79 Å². The molecule has 0 spiro atoms. The highest BCUT2D eigenvalue weighted by atomic mass is 32.3. The zero-order chi connectivity index (χ0) is 31.4. The van der Waals surface area contributed by atoms with Crippen LogP contribution in [-0.2, 0) is 14.4 Å². The molecule has 42 heavy (non-hydrogen) atoms. The van der Waals surface area contributed by atoms with Crippen LogP contribution >= 0.6 is 0 Å². The number of benzene rings is 4. The summed E-state index contributed by atoms with van der Waals surface area (Å²) in [7, 11) is -2.88. The minimum atomic E-state index is -6.30. The van der Waals surface area contributed by atoms with Gasteiger partial charge in [-0.3, -0.25) is 4.18 Å². The molecule has 4 aromatic carbocycles. The molecule has 4 aromatic rings. The van der Waals surface area contributed by atoms with Gasteiger partial charge in [-0.15, -0.1) is 0 Å². The van der Waals surface area contributed by atoms with Crippen LogP contribution in [0.1, 0.15) is 50.7 Å². The van der Waals surface area contributed by atoms with E-state index in [0.29, 0.717) is 27.4 Å². The summed E-state index contributed by atoms with van der Waals surface area (Å²) in [6.07, 6.45) is 0. The largest absolute Gasteiger partial charge is 0.515 e. The molecule has 0 saturated heterocycles. The third kappa shape index (κ3) is 7.21. The topological polar surface area (TPSA) is 26.3 Å². The van der Waals surface area contributed by atoms with E-state index < -0.39 is 51.7 Å². The van der Waals surface area contributed by atoms with E-state index in [-0.39, 0.29) is 0 Å². The van der Waals surface area contributed by atoms with Crippen molar-refractivity contribution in [3.05, 3.63) is 119 Å². The lowest BCUT2D eigenvalue weighted by Crippen LogP contribution is -2.41. The predicted molar refractivity (Wildman–Crippen MR) is 148 cm³/mol. The molecule has 0 fully saturated rings. The monoisotopic (exact) mass is 614 g/mol. The van der Waals surface area contributed by atoms with Gasteiger partial charge in [0.05, 0.1) is 0 Å². The molecule has 0 unspecified atom stereocenters. The van der Waals surface area contributed by atoms with Crippen LogP contribution in [0.4, 0.5) is 34.9 Å². The fraction of sp³-hybridized carbons (Fsp3) is 0.200. The smallest absolute Gasteiger partial charge is 0.445 e. The average Bonchev–Trinajstić information content (AvgIpc) is 2.95. The lowest BCUT2D eigenvalue weighted by atomic mass is 9.79. The Bertz CT molecular complexity index is 1470. The number of rotatable bonds is 7. The summed E-state index contributed by atoms with van der Waals surface area (Å²) in [6.45, 7) is 2.30. The van der Waals surface area contributed by atoms with Crippen molar-refractivity contribution >= 4 is 22.7 Å². The van der Waals surface area contributed by atoms with Crippen LogP contribution in [0.15, 0.2) is 88.7 Å². The van der Waals surface area contributed by atoms with E-state index in [1.165, 1.54) is 11.1 Å². The van der Waals surface area contributed by atoms with Crippen molar-refractivity contribution in [3.63, 3.8) is 0 Å². The molecule has 0 aliphatic heterocycles. The quantitative estimate of drug-likeness (QED) is 0.0682. The second-order valence-electron chi connectivity index (χ2n) is 9.91. The molecule has 2 nitrogen and oxygen atoms in total. The summed E-state index contributed by atoms with van der Waals surface area (Å²) in [5.74, 6) is -12.1. The van der Waals surface area contributed by atoms with Crippen LogP contribution in [0.2, 0.25) is 0 Å². The molecule has 0 N–H and O–H groups in total. The van der Waals surface area contributed by atoms with Gasteiger partial charge >= 0.3 is 17.2 Å². The number of halogens is 8. The van der Waals surface area contributed by atoms with Crippen molar-refractivity contribution in [3.8, 4) is 5.75 Å². The van der Waals surface area contributed by atoms with Gasteiger partial charge in [-0.1, -0.05) is 70.2 Å². The summed E-state index contributed by atoms with van der Waals surface area (Å²) >= 11 is 0. The third-order valence-corrected chi connectivity index (χ3v) is 8.45. The number of para-hydroxylation sites is 1. The van der Waals surface area contributed by atoms with Gasteiger partial charge in [0, 0.05) is 0 Å². The van der Waals surface area contributed by atoms with E-state index >= 15 is 0 Å². The lowest BCUT2D eigenvalue weighted by molar-refractivity contribution is 0.377. The van der Waals surface area contributed by atoms with Crippen molar-refractivity contribution in [1.29, 1.82) is 0 Å². The molecule has 4 rings (SSSR count). The zero-order valence-corrected chi connectivity index (χ0v) is 23.8. The summed E-state index contributed by atoms with van der Waals surface area (Å²) < 4.78 is 118. The average molecular weight is 614 g/mol. The highest BCUT2D eigenvalue weighted by Crippen LogP contribution is 2.34. The standard InChI is InChI=1S/C24H27O2S.C6BF8/c1-18(2)20-10-14-23(15-11-20)27(25,26-22-8-6-5-7-9-22)24-16-12-21(13-17-24)19(3)4;8-2-1(7(13,14)15)3(9)5(11)6(12)4(2)10/h5-19H,1-4H3;/q+1;-1. The predicted octanol–water partition coefficient (Wildman–Crippen LogP) is 9.28. The molecule has 0 aromatic heterocycles. The second-order valence-corrected chi connectivity index (χ2v) is 12.0. The fourth-order valence-electron chi connectivity index (χ4n) is 3.82. The maximum absolute atomic E-state index is 14.1. The van der Waals surface area contributed by atoms with E-state index in [0.717, 1.165) is 0 Å². The van der Waals surface area contributed by atoms with Crippen molar-refractivity contribution < 1.29 is 43.3 Å². The Kier molecular flexibility index (Phi) is 10.2. The van der Waals surface area contributed by atoms with Crippen LogP contribution in [-0.4, -0.2) is 6.98 Å². The molecule has 0 amide bonds. The molecule has 0 aliphatic rings. The molecular weight excluding hydrogens is 587 g/mol. The van der Waals surface area contributed by atoms with Gasteiger partial charge in [-0.25, -0.2) is 22.0 Å². The zero-order valence-electron chi connectivity index (χ0n) is 23.0. The third-order valence-electron chi connectivity index (χ3n) is 6.24. The van der Waals surface area contributed by atoms with Crippen LogP contribution in [0, 0.1) is 29.1 Å². The van der Waals surface area contributed by atoms with Gasteiger partial charge in [0.1, 0.15) is 11.6 Å². The number of hydrogen-bond donors (Lipinski definition) is 0.